The summed E-state index contributed by atoms with van der Waals surface area (Å²) in [4.78, 5) is 50.9. The van der Waals surface area contributed by atoms with Crippen molar-refractivity contribution < 1.29 is 14.0 Å². The fourth-order valence-electron chi connectivity index (χ4n) is 4.09. The van der Waals surface area contributed by atoms with Crippen LogP contribution >= 0.6 is 11.3 Å². The molecule has 0 saturated heterocycles. The van der Waals surface area contributed by atoms with Gasteiger partial charge in [-0.3, -0.25) is 23.5 Å². The summed E-state index contributed by atoms with van der Waals surface area (Å²) >= 11 is 1.22. The van der Waals surface area contributed by atoms with Gasteiger partial charge in [0.2, 0.25) is 11.8 Å². The van der Waals surface area contributed by atoms with Gasteiger partial charge >= 0.3 is 5.69 Å². The maximum atomic E-state index is 13.2. The number of benzene rings is 2. The molecular formula is C28H29FN4O4S. The summed E-state index contributed by atoms with van der Waals surface area (Å²) in [6.07, 6.45) is 2.19. The third kappa shape index (κ3) is 6.83. The van der Waals surface area contributed by atoms with Crippen molar-refractivity contribution in [3.8, 4) is 0 Å². The van der Waals surface area contributed by atoms with Gasteiger partial charge in [-0.05, 0) is 61.0 Å². The molecule has 198 valence electrons. The van der Waals surface area contributed by atoms with E-state index in [1.54, 1.807) is 11.4 Å². The number of halogens is 1. The zero-order valence-electron chi connectivity index (χ0n) is 21.0. The number of nitrogens with one attached hydrogen (secondary N) is 2. The zero-order chi connectivity index (χ0) is 27.1. The van der Waals surface area contributed by atoms with Crippen LogP contribution in [0.25, 0.3) is 10.2 Å². The normalized spacial score (nSPS) is 11.0. The van der Waals surface area contributed by atoms with Crippen LogP contribution in [0.4, 0.5) is 10.1 Å². The molecule has 0 radical (unpaired) electrons. The lowest BCUT2D eigenvalue weighted by molar-refractivity contribution is -0.121. The molecule has 0 fully saturated rings. The summed E-state index contributed by atoms with van der Waals surface area (Å²) in [6, 6.07) is 14.9. The number of aromatic nitrogens is 2. The second-order valence-electron chi connectivity index (χ2n) is 9.09. The molecule has 2 aromatic carbocycles. The van der Waals surface area contributed by atoms with Gasteiger partial charge in [0.1, 0.15) is 17.1 Å². The Kier molecular flexibility index (Phi) is 8.85. The fraction of sp³-hybridized carbons (Fsp3) is 0.286. The molecular weight excluding hydrogens is 507 g/mol. The Balaban J connectivity index is 1.33. The highest BCUT2D eigenvalue weighted by atomic mass is 32.1. The molecule has 8 nitrogen and oxygen atoms in total. The maximum Gasteiger partial charge on any atom is 0.332 e. The SMILES string of the molecule is Cc1ccc(CNC(=O)CCCCCn2c(=O)c3sccc3n(CC(=O)Nc3ccc(F)cc3)c2=O)cc1. The number of anilines is 1. The first-order valence-electron chi connectivity index (χ1n) is 12.4. The van der Waals surface area contributed by atoms with E-state index in [2.05, 4.69) is 10.6 Å². The van der Waals surface area contributed by atoms with Gasteiger partial charge in [-0.2, -0.15) is 0 Å². The highest BCUT2D eigenvalue weighted by molar-refractivity contribution is 7.17. The van der Waals surface area contributed by atoms with Crippen LogP contribution in [0.2, 0.25) is 0 Å². The van der Waals surface area contributed by atoms with E-state index in [0.29, 0.717) is 48.1 Å². The van der Waals surface area contributed by atoms with Crippen LogP contribution in [0.3, 0.4) is 0 Å². The zero-order valence-corrected chi connectivity index (χ0v) is 21.9. The Bertz CT molecular complexity index is 1540. The Morgan fingerprint density at radius 2 is 1.63 bits per heavy atom. The first-order valence-corrected chi connectivity index (χ1v) is 13.3. The number of carbonyl (C=O) groups excluding carboxylic acids is 2. The number of rotatable bonds is 11. The number of hydrogen-bond acceptors (Lipinski definition) is 5. The van der Waals surface area contributed by atoms with Crippen LogP contribution in [-0.2, 0) is 29.2 Å². The number of hydrogen-bond donors (Lipinski definition) is 2. The Labute approximate surface area is 222 Å². The van der Waals surface area contributed by atoms with Gasteiger partial charge in [-0.15, -0.1) is 11.3 Å². The molecule has 0 unspecified atom stereocenters. The molecule has 10 heteroatoms. The van der Waals surface area contributed by atoms with Gasteiger partial charge < -0.3 is 10.6 Å². The lowest BCUT2D eigenvalue weighted by Crippen LogP contribution is -2.41. The van der Waals surface area contributed by atoms with Crippen molar-refractivity contribution in [1.82, 2.24) is 14.5 Å². The van der Waals surface area contributed by atoms with Gasteiger partial charge in [-0.25, -0.2) is 9.18 Å². The fourth-order valence-corrected chi connectivity index (χ4v) is 4.93. The van der Waals surface area contributed by atoms with Crippen molar-refractivity contribution in [3.05, 3.63) is 97.8 Å². The number of fused-ring (bicyclic) bond motifs is 1. The molecule has 0 aliphatic carbocycles. The quantitative estimate of drug-likeness (QED) is 0.281. The third-order valence-electron chi connectivity index (χ3n) is 6.16. The number of nitrogens with zero attached hydrogens (tertiary/aromatic N) is 2. The van der Waals surface area contributed by atoms with Crippen molar-refractivity contribution in [3.63, 3.8) is 0 Å². The molecule has 2 aromatic heterocycles. The molecule has 2 heterocycles. The standard InChI is InChI=1S/C28H29FN4O4S/c1-19-6-8-20(9-7-19)17-30-24(34)5-3-2-4-15-32-27(36)26-23(14-16-38-26)33(28(32)37)18-25(35)31-22-12-10-21(29)11-13-22/h6-14,16H,2-5,15,17-18H2,1H3,(H,30,34)(H,31,35). The first-order chi connectivity index (χ1) is 18.3. The number of carbonyl (C=O) groups is 2. The second kappa shape index (κ2) is 12.5. The van der Waals surface area contributed by atoms with Crippen molar-refractivity contribution in [1.29, 1.82) is 0 Å². The van der Waals surface area contributed by atoms with Crippen LogP contribution in [0.1, 0.15) is 36.8 Å². The van der Waals surface area contributed by atoms with E-state index in [1.807, 2.05) is 31.2 Å². The van der Waals surface area contributed by atoms with E-state index in [1.165, 1.54) is 40.2 Å². The summed E-state index contributed by atoms with van der Waals surface area (Å²) in [5, 5.41) is 7.26. The van der Waals surface area contributed by atoms with Crippen molar-refractivity contribution in [2.24, 2.45) is 0 Å². The molecule has 2 amide bonds. The van der Waals surface area contributed by atoms with Gasteiger partial charge in [0.05, 0.1) is 5.52 Å². The van der Waals surface area contributed by atoms with Crippen LogP contribution < -0.4 is 21.9 Å². The highest BCUT2D eigenvalue weighted by Gasteiger charge is 2.16. The number of amides is 2. The minimum atomic E-state index is -0.564. The van der Waals surface area contributed by atoms with Crippen molar-refractivity contribution in [2.45, 2.75) is 52.2 Å². The van der Waals surface area contributed by atoms with Crippen LogP contribution in [0, 0.1) is 12.7 Å². The van der Waals surface area contributed by atoms with Crippen molar-refractivity contribution in [2.75, 3.05) is 5.32 Å². The molecule has 4 rings (SSSR count). The van der Waals surface area contributed by atoms with E-state index >= 15 is 0 Å². The molecule has 38 heavy (non-hydrogen) atoms. The number of unbranched alkanes of at least 4 members (excludes halogenated alkanes) is 2. The topological polar surface area (TPSA) is 102 Å². The van der Waals surface area contributed by atoms with E-state index in [4.69, 9.17) is 0 Å². The smallest absolute Gasteiger partial charge is 0.332 e. The Morgan fingerprint density at radius 3 is 2.37 bits per heavy atom. The Morgan fingerprint density at radius 1 is 0.895 bits per heavy atom. The third-order valence-corrected chi connectivity index (χ3v) is 7.05. The predicted octanol–water partition coefficient (Wildman–Crippen LogP) is 4.19. The molecule has 4 aromatic rings. The highest BCUT2D eigenvalue weighted by Crippen LogP contribution is 2.16. The predicted molar refractivity (Wildman–Crippen MR) is 147 cm³/mol. The summed E-state index contributed by atoms with van der Waals surface area (Å²) in [5.41, 5.74) is 2.06. The minimum Gasteiger partial charge on any atom is -0.352 e. The summed E-state index contributed by atoms with van der Waals surface area (Å²) in [7, 11) is 0. The van der Waals surface area contributed by atoms with Gasteiger partial charge in [-0.1, -0.05) is 36.2 Å². The molecule has 2 N–H and O–H groups in total. The number of thiophene rings is 1. The van der Waals surface area contributed by atoms with Crippen LogP contribution in [0.5, 0.6) is 0 Å². The molecule has 0 aliphatic rings. The summed E-state index contributed by atoms with van der Waals surface area (Å²) < 4.78 is 16.0. The Hall–Kier alpha value is -4.05. The van der Waals surface area contributed by atoms with E-state index in [0.717, 1.165) is 15.7 Å². The van der Waals surface area contributed by atoms with Crippen molar-refractivity contribution >= 4 is 39.1 Å². The van der Waals surface area contributed by atoms with Gasteiger partial charge in [0.15, 0.2) is 0 Å². The van der Waals surface area contributed by atoms with Gasteiger partial charge in [0.25, 0.3) is 5.56 Å². The number of aryl methyl sites for hydroxylation is 1. The van der Waals surface area contributed by atoms with Crippen LogP contribution in [-0.4, -0.2) is 20.9 Å². The molecule has 0 bridgehead atoms. The average molecular weight is 537 g/mol. The average Bonchev–Trinajstić information content (AvgIpc) is 3.39. The monoisotopic (exact) mass is 536 g/mol. The van der Waals surface area contributed by atoms with Gasteiger partial charge in [0, 0.05) is 25.2 Å². The lowest BCUT2D eigenvalue weighted by atomic mass is 10.1. The maximum absolute atomic E-state index is 13.2. The minimum absolute atomic E-state index is 0.0442. The molecule has 0 aliphatic heterocycles. The van der Waals surface area contributed by atoms with E-state index in [9.17, 15) is 23.6 Å². The molecule has 0 spiro atoms. The van der Waals surface area contributed by atoms with E-state index < -0.39 is 17.4 Å². The summed E-state index contributed by atoms with van der Waals surface area (Å²) in [5.74, 6) is -0.931. The van der Waals surface area contributed by atoms with Crippen LogP contribution in [0.15, 0.2) is 69.6 Å². The first kappa shape index (κ1) is 27.0. The lowest BCUT2D eigenvalue weighted by Gasteiger charge is -2.12. The summed E-state index contributed by atoms with van der Waals surface area (Å²) in [6.45, 7) is 2.39. The van der Waals surface area contributed by atoms with E-state index in [-0.39, 0.29) is 24.6 Å². The molecule has 0 atom stereocenters. The second-order valence-corrected chi connectivity index (χ2v) is 10.0. The largest absolute Gasteiger partial charge is 0.352 e. The molecule has 0 saturated carbocycles.